The Kier molecular flexibility index (Phi) is 7.22. The molecule has 7 nitrogen and oxygen atoms in total. The van der Waals surface area contributed by atoms with Gasteiger partial charge in [-0.1, -0.05) is 0 Å². The smallest absolute Gasteiger partial charge is 1.00 e. The fourth-order valence-electron chi connectivity index (χ4n) is 1.15. The molecule has 0 saturated carbocycles. The van der Waals surface area contributed by atoms with E-state index in [4.69, 9.17) is 14.9 Å². The number of carboxylic acid groups (broad SMARTS) is 2. The zero-order valence-corrected chi connectivity index (χ0v) is 13.3. The van der Waals surface area contributed by atoms with E-state index in [0.29, 0.717) is 10.0 Å². The summed E-state index contributed by atoms with van der Waals surface area (Å²) in [5.41, 5.74) is 0.353. The molecule has 0 aromatic carbocycles. The number of aromatic nitrogens is 1. The Bertz CT molecular complexity index is 448. The van der Waals surface area contributed by atoms with Crippen LogP contribution >= 0.6 is 15.9 Å². The van der Waals surface area contributed by atoms with Gasteiger partial charge in [-0.3, -0.25) is 0 Å². The van der Waals surface area contributed by atoms with Crippen LogP contribution in [0.4, 0.5) is 9.59 Å². The molecule has 94 valence electrons. The van der Waals surface area contributed by atoms with Crippen molar-refractivity contribution in [2.45, 2.75) is 6.54 Å². The Morgan fingerprint density at radius 1 is 1.50 bits per heavy atom. The number of nitrogens with zero attached hydrogens (tertiary/aromatic N) is 2. The van der Waals surface area contributed by atoms with E-state index in [0.717, 1.165) is 0 Å². The molecule has 0 atom stereocenters. The van der Waals surface area contributed by atoms with E-state index in [1.165, 1.54) is 13.3 Å². The van der Waals surface area contributed by atoms with Crippen molar-refractivity contribution < 1.29 is 55.5 Å². The van der Waals surface area contributed by atoms with E-state index < -0.39 is 12.2 Å². The van der Waals surface area contributed by atoms with Gasteiger partial charge in [-0.05, 0) is 22.0 Å². The predicted octanol–water partition coefficient (Wildman–Crippen LogP) is -0.873. The van der Waals surface area contributed by atoms with E-state index in [2.05, 4.69) is 20.9 Å². The number of amides is 2. The van der Waals surface area contributed by atoms with Crippen LogP contribution in [0.2, 0.25) is 0 Å². The fourth-order valence-corrected chi connectivity index (χ4v) is 1.53. The van der Waals surface area contributed by atoms with E-state index >= 15 is 0 Å². The van der Waals surface area contributed by atoms with Crippen molar-refractivity contribution in [1.82, 2.24) is 9.88 Å². The van der Waals surface area contributed by atoms with Crippen LogP contribution in [0.1, 0.15) is 6.99 Å². The van der Waals surface area contributed by atoms with Crippen LogP contribution in [0.3, 0.4) is 0 Å². The fraction of sp³-hybridized carbons (Fsp3) is 0.222. The molecule has 2 amide bonds. The summed E-state index contributed by atoms with van der Waals surface area (Å²) in [6, 6.07) is 1.55. The van der Waals surface area contributed by atoms with Crippen LogP contribution in [0.25, 0.3) is 0 Å². The minimum atomic E-state index is -1.56. The maximum atomic E-state index is 10.7. The van der Waals surface area contributed by atoms with E-state index in [1.54, 1.807) is 6.07 Å². The molecular formula is C9H10BrN2NaO5. The topological polar surface area (TPSA) is 100.0 Å². The van der Waals surface area contributed by atoms with Crippen molar-refractivity contribution >= 4 is 28.1 Å². The van der Waals surface area contributed by atoms with Crippen molar-refractivity contribution in [3.8, 4) is 5.88 Å². The quantitative estimate of drug-likeness (QED) is 0.699. The van der Waals surface area contributed by atoms with Gasteiger partial charge < -0.3 is 16.4 Å². The van der Waals surface area contributed by atoms with Gasteiger partial charge in [-0.15, -0.1) is 0 Å². The predicted molar refractivity (Wildman–Crippen MR) is 61.2 cm³/mol. The number of ether oxygens (including phenoxy) is 1. The molecule has 0 radical (unpaired) electrons. The number of carbonyl (C=O) groups is 2. The summed E-state index contributed by atoms with van der Waals surface area (Å²) in [5, 5.41) is 17.4. The van der Waals surface area contributed by atoms with Gasteiger partial charge in [0.25, 0.3) is 0 Å². The molecule has 0 aliphatic rings. The van der Waals surface area contributed by atoms with Crippen molar-refractivity contribution in [1.29, 1.82) is 0 Å². The van der Waals surface area contributed by atoms with Gasteiger partial charge in [0.1, 0.15) is 0 Å². The van der Waals surface area contributed by atoms with Gasteiger partial charge in [0.15, 0.2) is 0 Å². The zero-order chi connectivity index (χ0) is 13.0. The monoisotopic (exact) mass is 328 g/mol. The first-order valence-corrected chi connectivity index (χ1v) is 5.16. The Morgan fingerprint density at radius 3 is 2.50 bits per heavy atom. The third-order valence-corrected chi connectivity index (χ3v) is 2.31. The van der Waals surface area contributed by atoms with Gasteiger partial charge in [0.05, 0.1) is 13.7 Å². The van der Waals surface area contributed by atoms with Gasteiger partial charge in [-0.25, -0.2) is 19.5 Å². The third-order valence-electron chi connectivity index (χ3n) is 1.88. The molecule has 1 aromatic heterocycles. The number of imide groups is 1. The van der Waals surface area contributed by atoms with Gasteiger partial charge >= 0.3 is 41.7 Å². The molecule has 0 aliphatic carbocycles. The second-order valence-corrected chi connectivity index (χ2v) is 3.89. The summed E-state index contributed by atoms with van der Waals surface area (Å²) >= 11 is 3.16. The molecule has 0 aliphatic heterocycles. The van der Waals surface area contributed by atoms with Crippen molar-refractivity contribution in [2.75, 3.05) is 7.11 Å². The van der Waals surface area contributed by atoms with Crippen LogP contribution in [0, 0.1) is 0 Å². The molecule has 0 fully saturated rings. The molecule has 1 rings (SSSR count). The molecule has 0 saturated heterocycles. The molecule has 0 unspecified atom stereocenters. The third kappa shape index (κ3) is 4.45. The van der Waals surface area contributed by atoms with Gasteiger partial charge in [0.2, 0.25) is 5.88 Å². The first-order chi connectivity index (χ1) is 7.95. The summed E-state index contributed by atoms with van der Waals surface area (Å²) < 4.78 is 5.52. The number of pyridine rings is 1. The molecule has 1 heterocycles. The minimum Gasteiger partial charge on any atom is -1.00 e. The Balaban J connectivity index is 0. The van der Waals surface area contributed by atoms with Crippen molar-refractivity contribution in [2.24, 2.45) is 0 Å². The summed E-state index contributed by atoms with van der Waals surface area (Å²) in [6.07, 6.45) is -1.65. The van der Waals surface area contributed by atoms with Gasteiger partial charge in [-0.2, -0.15) is 0 Å². The average molecular weight is 329 g/mol. The molecule has 2 N–H and O–H groups in total. The van der Waals surface area contributed by atoms with E-state index in [9.17, 15) is 9.59 Å². The van der Waals surface area contributed by atoms with Crippen molar-refractivity contribution in [3.05, 3.63) is 22.3 Å². The SMILES string of the molecule is COc1ncc(Br)cc1CN(C(=O)O)C(=O)O.[H-].[Na+]. The Morgan fingerprint density at radius 2 is 2.06 bits per heavy atom. The molecular weight excluding hydrogens is 319 g/mol. The van der Waals surface area contributed by atoms with Crippen LogP contribution in [-0.2, 0) is 6.54 Å². The molecule has 0 spiro atoms. The number of hydrogen-bond donors (Lipinski definition) is 2. The summed E-state index contributed by atoms with van der Waals surface area (Å²) in [7, 11) is 1.37. The molecule has 18 heavy (non-hydrogen) atoms. The first kappa shape index (κ1) is 17.2. The number of methoxy groups -OCH3 is 1. The first-order valence-electron chi connectivity index (χ1n) is 4.37. The average Bonchev–Trinajstić information content (AvgIpc) is 2.25. The normalized spacial score (nSPS) is 9.22. The minimum absolute atomic E-state index is 0. The van der Waals surface area contributed by atoms with Gasteiger partial charge in [0, 0.05) is 16.2 Å². The summed E-state index contributed by atoms with van der Waals surface area (Å²) in [6.45, 7) is -0.347. The standard InChI is InChI=1S/C9H9BrN2O5.Na.H/c1-17-7-5(2-6(10)3-11-7)4-12(8(13)14)9(15)16;;/h2-3H,4H2,1H3,(H,13,14)(H,15,16);;/q;+1;-1. The van der Waals surface area contributed by atoms with E-state index in [1.807, 2.05) is 0 Å². The molecule has 1 aromatic rings. The number of halogens is 1. The molecule has 9 heteroatoms. The van der Waals surface area contributed by atoms with Crippen LogP contribution in [-0.4, -0.2) is 39.4 Å². The maximum absolute atomic E-state index is 10.7. The largest absolute Gasteiger partial charge is 1.00 e. The summed E-state index contributed by atoms with van der Waals surface area (Å²) in [5.74, 6) is 0.181. The van der Waals surface area contributed by atoms with Crippen LogP contribution < -0.4 is 34.3 Å². The second kappa shape index (κ2) is 7.57. The number of rotatable bonds is 3. The maximum Gasteiger partial charge on any atom is 1.00 e. The van der Waals surface area contributed by atoms with Crippen LogP contribution in [0.5, 0.6) is 5.88 Å². The van der Waals surface area contributed by atoms with E-state index in [-0.39, 0.29) is 48.3 Å². The van der Waals surface area contributed by atoms with Crippen molar-refractivity contribution in [3.63, 3.8) is 0 Å². The van der Waals surface area contributed by atoms with Crippen LogP contribution in [0.15, 0.2) is 16.7 Å². The Hall–Kier alpha value is -0.830. The second-order valence-electron chi connectivity index (χ2n) is 2.97. The number of hydrogen-bond acceptors (Lipinski definition) is 4. The Labute approximate surface area is 135 Å². The zero-order valence-electron chi connectivity index (χ0n) is 10.8. The molecule has 0 bridgehead atoms. The summed E-state index contributed by atoms with van der Waals surface area (Å²) in [4.78, 5) is 25.5.